The van der Waals surface area contributed by atoms with Gasteiger partial charge in [-0.2, -0.15) is 8.42 Å². The number of hydrogen-bond donors (Lipinski definition) is 0. The van der Waals surface area contributed by atoms with Crippen molar-refractivity contribution in [2.24, 2.45) is 0 Å². The summed E-state index contributed by atoms with van der Waals surface area (Å²) in [6.07, 6.45) is 0. The molecule has 2 rings (SSSR count). The molecular formula is C14H13FO5S. The Labute approximate surface area is 122 Å². The molecule has 0 spiro atoms. The molecule has 0 unspecified atom stereocenters. The van der Waals surface area contributed by atoms with Crippen LogP contribution in [0.5, 0.6) is 17.2 Å². The van der Waals surface area contributed by atoms with Crippen LogP contribution in [0.4, 0.5) is 3.89 Å². The molecule has 0 atom stereocenters. The SMILES string of the molecule is COc1ccc(-c2ccc(OS(=O)(=O)F)cc2)cc1OC. The summed E-state index contributed by atoms with van der Waals surface area (Å²) in [5, 5.41) is 0. The molecule has 0 aromatic heterocycles. The molecule has 0 amide bonds. The zero-order valence-electron chi connectivity index (χ0n) is 11.4. The van der Waals surface area contributed by atoms with Gasteiger partial charge < -0.3 is 13.7 Å². The minimum Gasteiger partial charge on any atom is -0.493 e. The maximum Gasteiger partial charge on any atom is 0.488 e. The summed E-state index contributed by atoms with van der Waals surface area (Å²) in [6.45, 7) is 0. The Balaban J connectivity index is 2.30. The second-order valence-corrected chi connectivity index (χ2v) is 5.02. The van der Waals surface area contributed by atoms with Gasteiger partial charge in [0.15, 0.2) is 11.5 Å². The third-order valence-electron chi connectivity index (χ3n) is 2.77. The van der Waals surface area contributed by atoms with Gasteiger partial charge >= 0.3 is 10.5 Å². The summed E-state index contributed by atoms with van der Waals surface area (Å²) in [5.41, 5.74) is 1.63. The van der Waals surface area contributed by atoms with E-state index in [2.05, 4.69) is 4.18 Å². The summed E-state index contributed by atoms with van der Waals surface area (Å²) >= 11 is 0. The highest BCUT2D eigenvalue weighted by Crippen LogP contribution is 2.32. The van der Waals surface area contributed by atoms with Crippen LogP contribution in [-0.4, -0.2) is 22.6 Å². The first-order chi connectivity index (χ1) is 9.93. The van der Waals surface area contributed by atoms with Gasteiger partial charge in [0.2, 0.25) is 0 Å². The molecule has 0 aliphatic carbocycles. The first-order valence-electron chi connectivity index (χ1n) is 5.89. The van der Waals surface area contributed by atoms with E-state index >= 15 is 0 Å². The Hall–Kier alpha value is -2.28. The third-order valence-corrected chi connectivity index (χ3v) is 3.16. The van der Waals surface area contributed by atoms with Gasteiger partial charge in [0.05, 0.1) is 14.2 Å². The summed E-state index contributed by atoms with van der Waals surface area (Å²) in [5.74, 6) is 1.08. The lowest BCUT2D eigenvalue weighted by Crippen LogP contribution is -2.00. The Bertz CT molecular complexity index is 726. The summed E-state index contributed by atoms with van der Waals surface area (Å²) in [7, 11) is -1.94. The lowest BCUT2D eigenvalue weighted by molar-refractivity contribution is 0.355. The van der Waals surface area contributed by atoms with Crippen LogP contribution in [0.25, 0.3) is 11.1 Å². The topological polar surface area (TPSA) is 61.8 Å². The molecule has 112 valence electrons. The molecule has 0 heterocycles. The van der Waals surface area contributed by atoms with Crippen LogP contribution in [0.1, 0.15) is 0 Å². The third kappa shape index (κ3) is 3.85. The molecule has 2 aromatic rings. The molecule has 0 saturated heterocycles. The fraction of sp³-hybridized carbons (Fsp3) is 0.143. The fourth-order valence-electron chi connectivity index (χ4n) is 1.83. The fourth-order valence-corrected chi connectivity index (χ4v) is 2.17. The van der Waals surface area contributed by atoms with Gasteiger partial charge in [-0.1, -0.05) is 22.1 Å². The van der Waals surface area contributed by atoms with Crippen molar-refractivity contribution >= 4 is 10.5 Å². The molecule has 0 aliphatic heterocycles. The van der Waals surface area contributed by atoms with Crippen LogP contribution in [0.15, 0.2) is 42.5 Å². The Kier molecular flexibility index (Phi) is 4.32. The molecule has 2 aromatic carbocycles. The summed E-state index contributed by atoms with van der Waals surface area (Å²) < 4.78 is 47.7. The number of rotatable bonds is 5. The minimum absolute atomic E-state index is 0.0956. The molecule has 0 bridgehead atoms. The number of methoxy groups -OCH3 is 2. The number of halogens is 1. The lowest BCUT2D eigenvalue weighted by Gasteiger charge is -2.10. The van der Waals surface area contributed by atoms with Crippen molar-refractivity contribution in [3.63, 3.8) is 0 Å². The van der Waals surface area contributed by atoms with Gasteiger partial charge in [0.1, 0.15) is 5.75 Å². The van der Waals surface area contributed by atoms with E-state index in [9.17, 15) is 12.3 Å². The van der Waals surface area contributed by atoms with Crippen LogP contribution in [0, 0.1) is 0 Å². The second-order valence-electron chi connectivity index (χ2n) is 4.07. The number of ether oxygens (including phenoxy) is 2. The quantitative estimate of drug-likeness (QED) is 0.794. The molecule has 5 nitrogen and oxygen atoms in total. The van der Waals surface area contributed by atoms with E-state index in [0.29, 0.717) is 11.5 Å². The average Bonchev–Trinajstić information content (AvgIpc) is 2.45. The van der Waals surface area contributed by atoms with Crippen molar-refractivity contribution in [1.82, 2.24) is 0 Å². The van der Waals surface area contributed by atoms with Crippen LogP contribution in [-0.2, 0) is 10.5 Å². The maximum atomic E-state index is 12.4. The molecular weight excluding hydrogens is 299 g/mol. The highest BCUT2D eigenvalue weighted by Gasteiger charge is 2.10. The monoisotopic (exact) mass is 312 g/mol. The van der Waals surface area contributed by atoms with Crippen molar-refractivity contribution in [2.45, 2.75) is 0 Å². The normalized spacial score (nSPS) is 11.0. The van der Waals surface area contributed by atoms with Gasteiger partial charge in [0.25, 0.3) is 0 Å². The number of benzene rings is 2. The standard InChI is InChI=1S/C14H13FO5S/c1-18-13-8-5-11(9-14(13)19-2)10-3-6-12(7-4-10)20-21(15,16)17/h3-9H,1-2H3. The van der Waals surface area contributed by atoms with E-state index in [1.807, 2.05) is 6.07 Å². The molecule has 7 heteroatoms. The zero-order chi connectivity index (χ0) is 15.5. The highest BCUT2D eigenvalue weighted by molar-refractivity contribution is 7.81. The van der Waals surface area contributed by atoms with Gasteiger partial charge in [-0.15, -0.1) is 0 Å². The van der Waals surface area contributed by atoms with Crippen LogP contribution < -0.4 is 13.7 Å². The molecule has 0 fully saturated rings. The molecule has 0 radical (unpaired) electrons. The van der Waals surface area contributed by atoms with Gasteiger partial charge in [0, 0.05) is 0 Å². The lowest BCUT2D eigenvalue weighted by atomic mass is 10.1. The van der Waals surface area contributed by atoms with E-state index in [4.69, 9.17) is 9.47 Å². The van der Waals surface area contributed by atoms with Gasteiger partial charge in [-0.05, 0) is 35.4 Å². The molecule has 0 saturated carbocycles. The smallest absolute Gasteiger partial charge is 0.488 e. The molecule has 21 heavy (non-hydrogen) atoms. The minimum atomic E-state index is -5.01. The second kappa shape index (κ2) is 6.01. The van der Waals surface area contributed by atoms with E-state index in [-0.39, 0.29) is 5.75 Å². The maximum absolute atomic E-state index is 12.4. The average molecular weight is 312 g/mol. The zero-order valence-corrected chi connectivity index (χ0v) is 12.2. The predicted molar refractivity (Wildman–Crippen MR) is 75.6 cm³/mol. The Morgan fingerprint density at radius 2 is 1.43 bits per heavy atom. The van der Waals surface area contributed by atoms with Crippen molar-refractivity contribution in [2.75, 3.05) is 14.2 Å². The van der Waals surface area contributed by atoms with Gasteiger partial charge in [-0.25, -0.2) is 0 Å². The Morgan fingerprint density at radius 3 is 1.95 bits per heavy atom. The van der Waals surface area contributed by atoms with Crippen LogP contribution in [0.2, 0.25) is 0 Å². The van der Waals surface area contributed by atoms with Crippen LogP contribution >= 0.6 is 0 Å². The van der Waals surface area contributed by atoms with Crippen molar-refractivity contribution in [3.05, 3.63) is 42.5 Å². The largest absolute Gasteiger partial charge is 0.493 e. The number of hydrogen-bond acceptors (Lipinski definition) is 5. The van der Waals surface area contributed by atoms with E-state index < -0.39 is 10.5 Å². The van der Waals surface area contributed by atoms with Crippen LogP contribution in [0.3, 0.4) is 0 Å². The highest BCUT2D eigenvalue weighted by atomic mass is 32.3. The van der Waals surface area contributed by atoms with E-state index in [1.54, 1.807) is 31.4 Å². The Morgan fingerprint density at radius 1 is 0.857 bits per heavy atom. The van der Waals surface area contributed by atoms with Crippen molar-refractivity contribution in [3.8, 4) is 28.4 Å². The first-order valence-corrected chi connectivity index (χ1v) is 7.20. The van der Waals surface area contributed by atoms with E-state index in [0.717, 1.165) is 11.1 Å². The molecule has 0 N–H and O–H groups in total. The summed E-state index contributed by atoms with van der Waals surface area (Å²) in [4.78, 5) is 0. The van der Waals surface area contributed by atoms with Gasteiger partial charge in [-0.3, -0.25) is 0 Å². The summed E-state index contributed by atoms with van der Waals surface area (Å²) in [6, 6.07) is 11.3. The van der Waals surface area contributed by atoms with Crippen molar-refractivity contribution < 1.29 is 26.0 Å². The predicted octanol–water partition coefficient (Wildman–Crippen LogP) is 2.96. The first kappa shape index (κ1) is 15.1. The van der Waals surface area contributed by atoms with E-state index in [1.165, 1.54) is 19.2 Å². The van der Waals surface area contributed by atoms with Crippen molar-refractivity contribution in [1.29, 1.82) is 0 Å². The molecule has 0 aliphatic rings.